The number of furan rings is 1. The molecule has 4 aromatic heterocycles. The average Bonchev–Trinajstić information content (AvgIpc) is 4.09. The van der Waals surface area contributed by atoms with E-state index in [0.717, 1.165) is 66.9 Å². The molecule has 0 bridgehead atoms. The SMILES string of the molecule is Cc1cc(-c2ccccc2)c(-n2c(-c3[c-]oc4ccc(-c5ccc6sc7ccccc7c6c5)cc34)nc3ccccc32)c(-c2ccccc2)c1.[2H]C([2H])([2H])c1c[c-]c(-c2ccc(C([2H])([2H])[2H])cn2)cc1.[Ir]. The summed E-state index contributed by atoms with van der Waals surface area (Å²) in [6.45, 7) is -2.17. The predicted molar refractivity (Wildman–Crippen MR) is 267 cm³/mol. The van der Waals surface area contributed by atoms with Crippen LogP contribution in [0, 0.1) is 33.0 Å². The summed E-state index contributed by atoms with van der Waals surface area (Å²) in [6.07, 6.45) is 4.60. The van der Waals surface area contributed by atoms with Gasteiger partial charge in [-0.1, -0.05) is 145 Å². The molecule has 0 N–H and O–H groups in total. The normalized spacial score (nSPS) is 12.9. The molecular weight excluding hydrogens is 991 g/mol. The smallest absolute Gasteiger partial charge is 0.0774 e. The van der Waals surface area contributed by atoms with Crippen molar-refractivity contribution in [1.29, 1.82) is 0 Å². The first kappa shape index (κ1) is 35.2. The third-order valence-corrected chi connectivity index (χ3v) is 12.7. The minimum absolute atomic E-state index is 0. The van der Waals surface area contributed by atoms with Gasteiger partial charge >= 0.3 is 0 Å². The number of para-hydroxylation sites is 2. The van der Waals surface area contributed by atoms with Crippen LogP contribution in [0.15, 0.2) is 199 Å². The second-order valence-corrected chi connectivity index (χ2v) is 16.8. The number of benzene rings is 8. The van der Waals surface area contributed by atoms with Crippen molar-refractivity contribution < 1.29 is 32.7 Å². The third kappa shape index (κ3) is 8.02. The van der Waals surface area contributed by atoms with E-state index in [0.29, 0.717) is 11.3 Å². The standard InChI is InChI=1S/C46H29N2OS.C13H12N.Ir/c1-29-24-35(30-12-4-2-5-13-30)45(36(25-29)31-14-6-3-7-15-31)48-41-18-10-9-17-40(41)47-46(48)39-28-49-42-22-20-32(26-37(39)42)33-21-23-44-38(27-33)34-16-8-11-19-43(34)50-44;1-10-3-6-12(7-4-10)13-8-5-11(2)9-14-13;/h2-27H,1H3;3-6,8-9H,1-2H3;/q2*-1;/i;1D3,2D3;. The largest absolute Gasteiger partial charge is 0.557 e. The maximum absolute atomic E-state index is 7.28. The molecule has 0 aliphatic carbocycles. The molecule has 0 spiro atoms. The molecule has 12 rings (SSSR count). The van der Waals surface area contributed by atoms with Gasteiger partial charge in [0, 0.05) is 77.7 Å². The van der Waals surface area contributed by atoms with Gasteiger partial charge in [0.2, 0.25) is 0 Å². The number of aryl methyl sites for hydroxylation is 3. The fraction of sp³-hybridized carbons (Fsp3) is 0.0508. The van der Waals surface area contributed by atoms with Crippen LogP contribution >= 0.6 is 11.3 Å². The van der Waals surface area contributed by atoms with E-state index >= 15 is 0 Å². The van der Waals surface area contributed by atoms with Crippen LogP contribution in [0.5, 0.6) is 0 Å². The van der Waals surface area contributed by atoms with Crippen molar-refractivity contribution in [3.05, 3.63) is 223 Å². The Morgan fingerprint density at radius 3 is 1.95 bits per heavy atom. The van der Waals surface area contributed by atoms with Crippen LogP contribution in [0.2, 0.25) is 0 Å². The molecule has 6 heteroatoms. The van der Waals surface area contributed by atoms with Gasteiger partial charge in [-0.3, -0.25) is 4.98 Å². The Morgan fingerprint density at radius 2 is 1.25 bits per heavy atom. The molecule has 0 aliphatic heterocycles. The van der Waals surface area contributed by atoms with Gasteiger partial charge in [-0.15, -0.1) is 46.7 Å². The number of imidazole rings is 1. The van der Waals surface area contributed by atoms with Gasteiger partial charge < -0.3 is 14.0 Å². The van der Waals surface area contributed by atoms with Crippen LogP contribution in [-0.2, 0) is 20.1 Å². The maximum atomic E-state index is 7.28. The van der Waals surface area contributed by atoms with Gasteiger partial charge in [-0.05, 0) is 95.3 Å². The van der Waals surface area contributed by atoms with Gasteiger partial charge in [0.15, 0.2) is 0 Å². The molecule has 12 aromatic rings. The zero-order valence-electron chi connectivity index (χ0n) is 41.0. The Morgan fingerprint density at radius 1 is 0.585 bits per heavy atom. The van der Waals surface area contributed by atoms with E-state index in [1.165, 1.54) is 55.7 Å². The van der Waals surface area contributed by atoms with Crippen LogP contribution in [-0.4, -0.2) is 14.5 Å². The van der Waals surface area contributed by atoms with Crippen molar-refractivity contribution in [3.8, 4) is 61.7 Å². The summed E-state index contributed by atoms with van der Waals surface area (Å²) in [5, 5.41) is 3.55. The Balaban J connectivity index is 0.000000234. The molecule has 65 heavy (non-hydrogen) atoms. The number of hydrogen-bond acceptors (Lipinski definition) is 4. The van der Waals surface area contributed by atoms with Gasteiger partial charge in [-0.2, -0.15) is 0 Å². The summed E-state index contributed by atoms with van der Waals surface area (Å²) in [5.41, 5.74) is 14.2. The molecule has 0 aliphatic rings. The van der Waals surface area contributed by atoms with Crippen LogP contribution in [0.1, 0.15) is 24.9 Å². The number of nitrogens with zero attached hydrogens (tertiary/aromatic N) is 3. The first-order chi connectivity index (χ1) is 33.9. The second-order valence-electron chi connectivity index (χ2n) is 15.7. The number of aromatic nitrogens is 3. The van der Waals surface area contributed by atoms with Crippen molar-refractivity contribution in [3.63, 3.8) is 0 Å². The number of rotatable bonds is 6. The molecule has 1 radical (unpaired) electrons. The summed E-state index contributed by atoms with van der Waals surface area (Å²) < 4.78 is 54.7. The number of fused-ring (bicyclic) bond motifs is 5. The molecular formula is C59H41IrN3OS-2. The van der Waals surface area contributed by atoms with Crippen LogP contribution in [0.25, 0.3) is 104 Å². The van der Waals surface area contributed by atoms with Gasteiger partial charge in [0.1, 0.15) is 0 Å². The third-order valence-electron chi connectivity index (χ3n) is 11.5. The van der Waals surface area contributed by atoms with E-state index in [1.54, 1.807) is 12.1 Å². The Bertz CT molecular complexity index is 3750. The zero-order chi connectivity index (χ0) is 48.1. The summed E-state index contributed by atoms with van der Waals surface area (Å²) in [4.78, 5) is 9.39. The van der Waals surface area contributed by atoms with E-state index in [-0.39, 0.29) is 31.2 Å². The van der Waals surface area contributed by atoms with Crippen LogP contribution < -0.4 is 0 Å². The van der Waals surface area contributed by atoms with E-state index in [1.807, 2.05) is 17.4 Å². The second kappa shape index (κ2) is 17.8. The fourth-order valence-corrected chi connectivity index (χ4v) is 9.57. The molecule has 4 nitrogen and oxygen atoms in total. The maximum Gasteiger partial charge on any atom is 0.0774 e. The number of thiophene rings is 1. The van der Waals surface area contributed by atoms with Gasteiger partial charge in [0.25, 0.3) is 0 Å². The Labute approximate surface area is 404 Å². The molecule has 0 unspecified atom stereocenters. The van der Waals surface area contributed by atoms with Gasteiger partial charge in [-0.25, -0.2) is 0 Å². The fourth-order valence-electron chi connectivity index (χ4n) is 8.48. The summed E-state index contributed by atoms with van der Waals surface area (Å²) in [7, 11) is 0. The van der Waals surface area contributed by atoms with Crippen molar-refractivity contribution in [2.24, 2.45) is 0 Å². The van der Waals surface area contributed by atoms with Crippen molar-refractivity contribution in [2.75, 3.05) is 0 Å². The van der Waals surface area contributed by atoms with E-state index in [4.69, 9.17) is 17.6 Å². The molecule has 4 heterocycles. The van der Waals surface area contributed by atoms with Crippen molar-refractivity contribution >= 4 is 53.5 Å². The van der Waals surface area contributed by atoms with E-state index in [2.05, 4.69) is 180 Å². The first-order valence-corrected chi connectivity index (χ1v) is 21.8. The van der Waals surface area contributed by atoms with E-state index < -0.39 is 13.7 Å². The average molecular weight is 1040 g/mol. The number of hydrogen-bond donors (Lipinski definition) is 0. The molecule has 0 amide bonds. The Kier molecular flexibility index (Phi) is 9.61. The van der Waals surface area contributed by atoms with Crippen molar-refractivity contribution in [2.45, 2.75) is 20.6 Å². The molecule has 0 saturated carbocycles. The van der Waals surface area contributed by atoms with E-state index in [9.17, 15) is 0 Å². The van der Waals surface area contributed by atoms with Crippen LogP contribution in [0.4, 0.5) is 0 Å². The monoisotopic (exact) mass is 1040 g/mol. The summed E-state index contributed by atoms with van der Waals surface area (Å²) in [6, 6.07) is 66.5. The van der Waals surface area contributed by atoms with Crippen molar-refractivity contribution in [1.82, 2.24) is 14.5 Å². The molecule has 315 valence electrons. The molecule has 0 saturated heterocycles. The molecule has 0 fully saturated rings. The first-order valence-electron chi connectivity index (χ1n) is 24.0. The predicted octanol–water partition coefficient (Wildman–Crippen LogP) is 16.1. The quantitative estimate of drug-likeness (QED) is 0.156. The Hall–Kier alpha value is -7.21. The summed E-state index contributed by atoms with van der Waals surface area (Å²) in [5.74, 6) is 0.791. The van der Waals surface area contributed by atoms with Gasteiger partial charge in [0.05, 0.1) is 22.5 Å². The topological polar surface area (TPSA) is 43.9 Å². The van der Waals surface area contributed by atoms with Crippen LogP contribution in [0.3, 0.4) is 0 Å². The zero-order valence-corrected chi connectivity index (χ0v) is 38.2. The molecule has 0 atom stereocenters. The minimum atomic E-state index is -2.18. The minimum Gasteiger partial charge on any atom is -0.557 e. The number of pyridine rings is 1. The summed E-state index contributed by atoms with van der Waals surface area (Å²) >= 11 is 1.84. The molecule has 8 aromatic carbocycles.